The van der Waals surface area contributed by atoms with Crippen molar-refractivity contribution in [2.24, 2.45) is 5.73 Å². The highest BCUT2D eigenvalue weighted by molar-refractivity contribution is 8.45. The molecule has 0 saturated carbocycles. The normalized spacial score (nSPS) is 15.5. The molecule has 2 rings (SSSR count). The monoisotopic (exact) mass is 430 g/mol. The number of hydrogen-bond acceptors (Lipinski definition) is 4. The van der Waals surface area contributed by atoms with E-state index in [1.165, 1.54) is 25.9 Å². The fourth-order valence-electron chi connectivity index (χ4n) is 2.51. The molecular formula is C15H16F6N4O2S. The lowest BCUT2D eigenvalue weighted by atomic mass is 10.1. The van der Waals surface area contributed by atoms with E-state index in [0.717, 1.165) is 10.6 Å². The lowest BCUT2D eigenvalue weighted by Crippen LogP contribution is -2.33. The third kappa shape index (κ3) is 4.24. The molecule has 1 aromatic heterocycles. The van der Waals surface area contributed by atoms with E-state index < -0.39 is 44.0 Å². The van der Waals surface area contributed by atoms with E-state index in [0.29, 0.717) is 6.07 Å². The van der Waals surface area contributed by atoms with Gasteiger partial charge >= 0.3 is 10.2 Å². The summed E-state index contributed by atoms with van der Waals surface area (Å²) in [5, 5.41) is 0. The number of amides is 1. The summed E-state index contributed by atoms with van der Waals surface area (Å²) in [4.78, 5) is 26.5. The maximum absolute atomic E-state index is 14.3. The first-order chi connectivity index (χ1) is 12.4. The van der Waals surface area contributed by atoms with E-state index in [9.17, 15) is 33.4 Å². The molecule has 0 aliphatic rings. The second-order valence-corrected chi connectivity index (χ2v) is 8.65. The van der Waals surface area contributed by atoms with Gasteiger partial charge in [-0.2, -0.15) is 0 Å². The standard InChI is InChI=1S/C15H16F6N4O2S/c1-8(10-5-4-9(6-11(10)16)28(17,18,19,20)21)25-13(26)7-12(14(22)27)23-15(25)24(2)3/h4-8H,1-3H3,(H2,22,27). The quantitative estimate of drug-likeness (QED) is 0.732. The summed E-state index contributed by atoms with van der Waals surface area (Å²) >= 11 is 0. The van der Waals surface area contributed by atoms with Gasteiger partial charge in [-0.15, -0.1) is 0 Å². The Morgan fingerprint density at radius 1 is 1.18 bits per heavy atom. The molecule has 1 atom stereocenters. The SMILES string of the molecule is CC(c1ccc(S(F)(F)(F)(F)F)cc1F)n1c(N(C)C)nc(C(N)=O)cc1=O. The topological polar surface area (TPSA) is 81.2 Å². The summed E-state index contributed by atoms with van der Waals surface area (Å²) in [6.45, 7) is 1.26. The van der Waals surface area contributed by atoms with Crippen molar-refractivity contribution in [3.63, 3.8) is 0 Å². The molecule has 0 radical (unpaired) electrons. The van der Waals surface area contributed by atoms with Crippen molar-refractivity contribution < 1.29 is 28.6 Å². The van der Waals surface area contributed by atoms with Gasteiger partial charge in [0.25, 0.3) is 11.5 Å². The van der Waals surface area contributed by atoms with Gasteiger partial charge in [0.05, 0.1) is 6.04 Å². The van der Waals surface area contributed by atoms with Gasteiger partial charge in [0.15, 0.2) is 0 Å². The van der Waals surface area contributed by atoms with Crippen molar-refractivity contribution in [1.29, 1.82) is 0 Å². The molecule has 1 heterocycles. The number of anilines is 1. The van der Waals surface area contributed by atoms with Crippen LogP contribution in [-0.2, 0) is 0 Å². The van der Waals surface area contributed by atoms with Crippen LogP contribution in [0.3, 0.4) is 0 Å². The van der Waals surface area contributed by atoms with E-state index in [4.69, 9.17) is 5.73 Å². The van der Waals surface area contributed by atoms with Crippen molar-refractivity contribution >= 4 is 22.1 Å². The van der Waals surface area contributed by atoms with Crippen molar-refractivity contribution in [3.05, 3.63) is 51.7 Å². The lowest BCUT2D eigenvalue weighted by molar-refractivity contribution is 0.0995. The molecule has 0 aliphatic heterocycles. The molecule has 1 aromatic carbocycles. The van der Waals surface area contributed by atoms with E-state index in [1.54, 1.807) is 0 Å². The van der Waals surface area contributed by atoms with Gasteiger partial charge < -0.3 is 10.6 Å². The van der Waals surface area contributed by atoms with Crippen molar-refractivity contribution in [2.45, 2.75) is 17.9 Å². The molecule has 6 nitrogen and oxygen atoms in total. The minimum absolute atomic E-state index is 0.0576. The van der Waals surface area contributed by atoms with E-state index >= 15 is 0 Å². The first-order valence-corrected chi connectivity index (χ1v) is 9.51. The highest BCUT2D eigenvalue weighted by Crippen LogP contribution is 3.02. The fourth-order valence-corrected chi connectivity index (χ4v) is 3.16. The summed E-state index contributed by atoms with van der Waals surface area (Å²) in [6, 6.07) is -0.165. The van der Waals surface area contributed by atoms with Gasteiger partial charge in [-0.1, -0.05) is 25.5 Å². The number of rotatable bonds is 5. The molecule has 1 unspecified atom stereocenters. The number of hydrogen-bond donors (Lipinski definition) is 1. The van der Waals surface area contributed by atoms with Crippen LogP contribution in [0.15, 0.2) is 34.0 Å². The predicted molar refractivity (Wildman–Crippen MR) is 93.0 cm³/mol. The zero-order chi connectivity index (χ0) is 21.7. The second-order valence-electron chi connectivity index (χ2n) is 6.24. The van der Waals surface area contributed by atoms with E-state index in [-0.39, 0.29) is 23.8 Å². The zero-order valence-electron chi connectivity index (χ0n) is 14.8. The Kier molecular flexibility index (Phi) is 4.55. The number of halogens is 6. The molecule has 0 spiro atoms. The van der Waals surface area contributed by atoms with Gasteiger partial charge in [0.1, 0.15) is 16.4 Å². The number of nitrogens with zero attached hydrogens (tertiary/aromatic N) is 3. The van der Waals surface area contributed by atoms with Crippen molar-refractivity contribution in [3.8, 4) is 0 Å². The number of nitrogens with two attached hydrogens (primary N) is 1. The van der Waals surface area contributed by atoms with Gasteiger partial charge in [-0.3, -0.25) is 14.2 Å². The van der Waals surface area contributed by atoms with Gasteiger partial charge in [-0.05, 0) is 19.1 Å². The highest BCUT2D eigenvalue weighted by Gasteiger charge is 2.65. The van der Waals surface area contributed by atoms with Crippen LogP contribution in [0.1, 0.15) is 29.0 Å². The van der Waals surface area contributed by atoms with Crippen LogP contribution in [0.5, 0.6) is 0 Å². The van der Waals surface area contributed by atoms with Crippen molar-refractivity contribution in [1.82, 2.24) is 9.55 Å². The summed E-state index contributed by atoms with van der Waals surface area (Å²) in [6.07, 6.45) is 0. The van der Waals surface area contributed by atoms with E-state index in [1.807, 2.05) is 0 Å². The third-order valence-electron chi connectivity index (χ3n) is 3.84. The van der Waals surface area contributed by atoms with Crippen LogP contribution in [-0.4, -0.2) is 29.6 Å². The Morgan fingerprint density at radius 2 is 1.75 bits per heavy atom. The smallest absolute Gasteiger partial charge is 0.310 e. The van der Waals surface area contributed by atoms with Gasteiger partial charge in [0, 0.05) is 25.7 Å². The Labute approximate surface area is 155 Å². The lowest BCUT2D eigenvalue weighted by Gasteiger charge is -2.40. The molecule has 0 aliphatic carbocycles. The molecule has 2 aromatic rings. The van der Waals surface area contributed by atoms with Crippen LogP contribution in [0.25, 0.3) is 0 Å². The Balaban J connectivity index is 2.67. The maximum atomic E-state index is 14.3. The molecule has 1 amide bonds. The third-order valence-corrected chi connectivity index (χ3v) is 4.99. The van der Waals surface area contributed by atoms with E-state index in [2.05, 4.69) is 4.98 Å². The molecule has 13 heteroatoms. The fraction of sp³-hybridized carbons (Fsp3) is 0.267. The van der Waals surface area contributed by atoms with Crippen LogP contribution in [0.2, 0.25) is 0 Å². The molecular weight excluding hydrogens is 414 g/mol. The predicted octanol–water partition coefficient (Wildman–Crippen LogP) is 3.81. The molecule has 0 saturated heterocycles. The first-order valence-electron chi connectivity index (χ1n) is 7.56. The zero-order valence-corrected chi connectivity index (χ0v) is 15.6. The van der Waals surface area contributed by atoms with Crippen LogP contribution >= 0.6 is 10.2 Å². The summed E-state index contributed by atoms with van der Waals surface area (Å²) in [7, 11) is -7.16. The van der Waals surface area contributed by atoms with Crippen molar-refractivity contribution in [2.75, 3.05) is 19.0 Å². The molecule has 28 heavy (non-hydrogen) atoms. The average Bonchev–Trinajstić information content (AvgIpc) is 2.50. The van der Waals surface area contributed by atoms with Gasteiger partial charge in [0.2, 0.25) is 5.95 Å². The molecule has 0 fully saturated rings. The van der Waals surface area contributed by atoms with Crippen LogP contribution in [0.4, 0.5) is 29.8 Å². The Morgan fingerprint density at radius 3 is 2.18 bits per heavy atom. The Hall–Kier alpha value is -2.70. The van der Waals surface area contributed by atoms with Gasteiger partial charge in [-0.25, -0.2) is 9.37 Å². The minimum atomic E-state index is -10.1. The largest absolute Gasteiger partial charge is 0.364 e. The molecule has 2 N–H and O–H groups in total. The number of benzene rings is 1. The first kappa shape index (κ1) is 21.6. The summed E-state index contributed by atoms with van der Waals surface area (Å²) < 4.78 is 79.5. The number of carbonyl (C=O) groups excluding carboxylic acids is 1. The van der Waals surface area contributed by atoms with Crippen LogP contribution in [0, 0.1) is 5.82 Å². The Bertz CT molecular complexity index is 1020. The number of aromatic nitrogens is 2. The number of carbonyl (C=O) groups is 1. The second kappa shape index (κ2) is 5.90. The average molecular weight is 430 g/mol. The minimum Gasteiger partial charge on any atom is -0.364 e. The summed E-state index contributed by atoms with van der Waals surface area (Å²) in [5.74, 6) is -2.70. The summed E-state index contributed by atoms with van der Waals surface area (Å²) in [5.41, 5.74) is 3.44. The highest BCUT2D eigenvalue weighted by atomic mass is 32.5. The van der Waals surface area contributed by atoms with Crippen LogP contribution < -0.4 is 16.2 Å². The molecule has 0 bridgehead atoms. The maximum Gasteiger partial charge on any atom is 0.310 e. The molecule has 156 valence electrons. The number of primary amides is 1.